The summed E-state index contributed by atoms with van der Waals surface area (Å²) in [6, 6.07) is 16.0. The van der Waals surface area contributed by atoms with Crippen molar-refractivity contribution in [1.29, 1.82) is 0 Å². The maximum atomic E-state index is 12.8. The molecule has 0 bridgehead atoms. The van der Waals surface area contributed by atoms with Gasteiger partial charge in [-0.1, -0.05) is 37.3 Å². The molecular formula is C24H26N2O3S. The number of carbonyl (C=O) groups excluding carboxylic acids is 1. The molecule has 1 saturated carbocycles. The third-order valence-corrected chi connectivity index (χ3v) is 6.54. The smallest absolute Gasteiger partial charge is 0.226 e. The Morgan fingerprint density at radius 3 is 2.57 bits per heavy atom. The van der Waals surface area contributed by atoms with E-state index in [1.54, 1.807) is 14.2 Å². The van der Waals surface area contributed by atoms with Gasteiger partial charge in [-0.3, -0.25) is 4.79 Å². The molecule has 6 heteroatoms. The molecule has 5 nitrogen and oxygen atoms in total. The number of ether oxygens (including phenoxy) is 2. The lowest BCUT2D eigenvalue weighted by Gasteiger charge is -2.19. The van der Waals surface area contributed by atoms with Crippen LogP contribution in [0, 0.1) is 11.8 Å². The van der Waals surface area contributed by atoms with Gasteiger partial charge in [0.25, 0.3) is 0 Å². The van der Waals surface area contributed by atoms with E-state index in [9.17, 15) is 4.79 Å². The van der Waals surface area contributed by atoms with Crippen LogP contribution in [0.4, 0.5) is 0 Å². The number of hydrogen-bond donors (Lipinski definition) is 1. The standard InChI is InChI=1S/C24H26N2O3S/c1-15-11-19(15)23(16-7-5-4-6-8-16)26-22(27)13-18-14-30-24(25-18)17-9-10-20(28-2)21(12-17)29-3/h4-10,12,14-15,19,23H,11,13H2,1-3H3,(H,26,27). The molecule has 156 valence electrons. The minimum absolute atomic E-state index is 0.00659. The molecule has 1 heterocycles. The molecule has 3 unspecified atom stereocenters. The zero-order valence-electron chi connectivity index (χ0n) is 17.4. The monoisotopic (exact) mass is 422 g/mol. The molecule has 1 amide bonds. The number of rotatable bonds is 8. The van der Waals surface area contributed by atoms with Crippen molar-refractivity contribution in [3.63, 3.8) is 0 Å². The van der Waals surface area contributed by atoms with E-state index in [-0.39, 0.29) is 18.4 Å². The number of nitrogens with one attached hydrogen (secondary N) is 1. The first-order chi connectivity index (χ1) is 14.6. The zero-order chi connectivity index (χ0) is 21.1. The molecule has 3 atom stereocenters. The first-order valence-electron chi connectivity index (χ1n) is 10.1. The van der Waals surface area contributed by atoms with E-state index < -0.39 is 0 Å². The number of benzene rings is 2. The Hall–Kier alpha value is -2.86. The topological polar surface area (TPSA) is 60.5 Å². The van der Waals surface area contributed by atoms with Gasteiger partial charge in [0.05, 0.1) is 32.4 Å². The normalized spacial score (nSPS) is 18.5. The number of methoxy groups -OCH3 is 2. The highest BCUT2D eigenvalue weighted by Gasteiger charge is 2.40. The Kier molecular flexibility index (Phi) is 6.04. The summed E-state index contributed by atoms with van der Waals surface area (Å²) < 4.78 is 10.7. The lowest BCUT2D eigenvalue weighted by Crippen LogP contribution is -2.31. The average Bonchev–Trinajstić information content (AvgIpc) is 3.31. The first kappa shape index (κ1) is 20.4. The average molecular weight is 423 g/mol. The Balaban J connectivity index is 1.45. The van der Waals surface area contributed by atoms with Crippen LogP contribution in [0.3, 0.4) is 0 Å². The van der Waals surface area contributed by atoms with Crippen LogP contribution >= 0.6 is 11.3 Å². The van der Waals surface area contributed by atoms with Gasteiger partial charge in [0.1, 0.15) is 5.01 Å². The Labute approximate surface area is 181 Å². The van der Waals surface area contributed by atoms with Gasteiger partial charge in [0.2, 0.25) is 5.91 Å². The fraction of sp³-hybridized carbons (Fsp3) is 0.333. The molecule has 0 spiro atoms. The molecule has 4 rings (SSSR count). The molecule has 1 aliphatic carbocycles. The van der Waals surface area contributed by atoms with E-state index in [2.05, 4.69) is 29.4 Å². The minimum Gasteiger partial charge on any atom is -0.493 e. The summed E-state index contributed by atoms with van der Waals surface area (Å²) >= 11 is 1.52. The molecule has 0 aliphatic heterocycles. The van der Waals surface area contributed by atoms with Crippen molar-refractivity contribution in [3.8, 4) is 22.1 Å². The van der Waals surface area contributed by atoms with Crippen LogP contribution in [-0.4, -0.2) is 25.1 Å². The number of amides is 1. The fourth-order valence-corrected chi connectivity index (χ4v) is 4.61. The van der Waals surface area contributed by atoms with Crippen molar-refractivity contribution in [2.45, 2.75) is 25.8 Å². The van der Waals surface area contributed by atoms with E-state index in [0.717, 1.165) is 22.7 Å². The van der Waals surface area contributed by atoms with Gasteiger partial charge in [-0.05, 0) is 42.0 Å². The molecule has 0 saturated heterocycles. The summed E-state index contributed by atoms with van der Waals surface area (Å²) in [5.74, 6) is 2.50. The lowest BCUT2D eigenvalue weighted by atomic mass is 10.0. The second kappa shape index (κ2) is 8.88. The molecule has 1 fully saturated rings. The molecule has 1 aromatic heterocycles. The van der Waals surface area contributed by atoms with E-state index in [0.29, 0.717) is 23.3 Å². The van der Waals surface area contributed by atoms with Gasteiger partial charge in [-0.2, -0.15) is 0 Å². The van der Waals surface area contributed by atoms with Gasteiger partial charge in [-0.15, -0.1) is 11.3 Å². The van der Waals surface area contributed by atoms with Crippen molar-refractivity contribution in [3.05, 3.63) is 65.2 Å². The molecular weight excluding hydrogens is 396 g/mol. The van der Waals surface area contributed by atoms with Gasteiger partial charge < -0.3 is 14.8 Å². The van der Waals surface area contributed by atoms with Crippen molar-refractivity contribution < 1.29 is 14.3 Å². The van der Waals surface area contributed by atoms with E-state index >= 15 is 0 Å². The van der Waals surface area contributed by atoms with Gasteiger partial charge >= 0.3 is 0 Å². The largest absolute Gasteiger partial charge is 0.493 e. The molecule has 1 N–H and O–H groups in total. The predicted octanol–water partition coefficient (Wildman–Crippen LogP) is 4.88. The molecule has 30 heavy (non-hydrogen) atoms. The third-order valence-electron chi connectivity index (χ3n) is 5.60. The summed E-state index contributed by atoms with van der Waals surface area (Å²) in [5.41, 5.74) is 2.89. The van der Waals surface area contributed by atoms with Crippen molar-refractivity contribution in [2.75, 3.05) is 14.2 Å². The highest BCUT2D eigenvalue weighted by molar-refractivity contribution is 7.13. The van der Waals surface area contributed by atoms with Gasteiger partial charge in [0, 0.05) is 10.9 Å². The SMILES string of the molecule is COc1ccc(-c2nc(CC(=O)NC(c3ccccc3)C3CC3C)cs2)cc1OC. The van der Waals surface area contributed by atoms with E-state index in [1.165, 1.54) is 16.9 Å². The van der Waals surface area contributed by atoms with Crippen LogP contribution in [0.2, 0.25) is 0 Å². The highest BCUT2D eigenvalue weighted by atomic mass is 32.1. The number of nitrogens with zero attached hydrogens (tertiary/aromatic N) is 1. The summed E-state index contributed by atoms with van der Waals surface area (Å²) in [6.07, 6.45) is 1.42. The van der Waals surface area contributed by atoms with Crippen molar-refractivity contribution in [1.82, 2.24) is 10.3 Å². The summed E-state index contributed by atoms with van der Waals surface area (Å²) in [5, 5.41) is 6.05. The number of thiazole rings is 1. The second-order valence-corrected chi connectivity index (χ2v) is 8.58. The lowest BCUT2D eigenvalue weighted by molar-refractivity contribution is -0.121. The molecule has 1 aliphatic rings. The van der Waals surface area contributed by atoms with Crippen molar-refractivity contribution in [2.24, 2.45) is 11.8 Å². The van der Waals surface area contributed by atoms with Crippen LogP contribution in [0.25, 0.3) is 10.6 Å². The highest BCUT2D eigenvalue weighted by Crippen LogP contribution is 2.47. The summed E-state index contributed by atoms with van der Waals surface area (Å²) in [6.45, 7) is 2.24. The van der Waals surface area contributed by atoms with Crippen LogP contribution in [0.5, 0.6) is 11.5 Å². The minimum atomic E-state index is 0.00659. The Morgan fingerprint density at radius 2 is 1.90 bits per heavy atom. The first-order valence-corrected chi connectivity index (χ1v) is 11.0. The number of aromatic nitrogens is 1. The summed E-state index contributed by atoms with van der Waals surface area (Å²) in [4.78, 5) is 17.4. The molecule has 2 aromatic carbocycles. The van der Waals surface area contributed by atoms with E-state index in [4.69, 9.17) is 9.47 Å². The molecule has 0 radical (unpaired) electrons. The second-order valence-electron chi connectivity index (χ2n) is 7.72. The third kappa shape index (κ3) is 4.49. The van der Waals surface area contributed by atoms with Crippen LogP contribution in [0.15, 0.2) is 53.9 Å². The fourth-order valence-electron chi connectivity index (χ4n) is 3.79. The Bertz CT molecular complexity index is 1020. The Morgan fingerprint density at radius 1 is 1.17 bits per heavy atom. The summed E-state index contributed by atoms with van der Waals surface area (Å²) in [7, 11) is 3.23. The van der Waals surface area contributed by atoms with Gasteiger partial charge in [0.15, 0.2) is 11.5 Å². The van der Waals surface area contributed by atoms with Crippen LogP contribution in [0.1, 0.15) is 30.6 Å². The van der Waals surface area contributed by atoms with Crippen LogP contribution in [-0.2, 0) is 11.2 Å². The van der Waals surface area contributed by atoms with Crippen LogP contribution < -0.4 is 14.8 Å². The quantitative estimate of drug-likeness (QED) is 0.562. The van der Waals surface area contributed by atoms with Gasteiger partial charge in [-0.25, -0.2) is 4.98 Å². The number of hydrogen-bond acceptors (Lipinski definition) is 5. The zero-order valence-corrected chi connectivity index (χ0v) is 18.2. The number of carbonyl (C=O) groups is 1. The van der Waals surface area contributed by atoms with E-state index in [1.807, 2.05) is 41.8 Å². The maximum Gasteiger partial charge on any atom is 0.226 e. The van der Waals surface area contributed by atoms with Crippen molar-refractivity contribution >= 4 is 17.2 Å². The maximum absolute atomic E-state index is 12.8. The predicted molar refractivity (Wildman–Crippen MR) is 119 cm³/mol. The molecule has 3 aromatic rings.